The van der Waals surface area contributed by atoms with E-state index in [1.54, 1.807) is 18.3 Å². The lowest BCUT2D eigenvalue weighted by atomic mass is 10.2. The van der Waals surface area contributed by atoms with Gasteiger partial charge in [-0.2, -0.15) is 0 Å². The number of hydrogen-bond acceptors (Lipinski definition) is 4. The molecule has 4 rings (SSSR count). The Morgan fingerprint density at radius 3 is 2.77 bits per heavy atom. The number of fused-ring (bicyclic) bond motifs is 1. The highest BCUT2D eigenvalue weighted by Gasteiger charge is 2.32. The molecule has 1 N–H and O–H groups in total. The number of sulfonamides is 1. The summed E-state index contributed by atoms with van der Waals surface area (Å²) in [5.41, 5.74) is 3.55. The van der Waals surface area contributed by atoms with Crippen molar-refractivity contribution in [2.45, 2.75) is 24.8 Å². The van der Waals surface area contributed by atoms with Gasteiger partial charge in [0.2, 0.25) is 0 Å². The van der Waals surface area contributed by atoms with Gasteiger partial charge in [0.05, 0.1) is 22.9 Å². The minimum absolute atomic E-state index is 0.0801. The van der Waals surface area contributed by atoms with Crippen molar-refractivity contribution in [2.24, 2.45) is 0 Å². The molecule has 154 valence electrons. The molecule has 0 radical (unpaired) electrons. The molecule has 3 aromatic rings. The van der Waals surface area contributed by atoms with Crippen LogP contribution in [0.5, 0.6) is 0 Å². The van der Waals surface area contributed by atoms with E-state index in [9.17, 15) is 13.2 Å². The molecule has 0 unspecified atom stereocenters. The van der Waals surface area contributed by atoms with Gasteiger partial charge in [-0.3, -0.25) is 14.1 Å². The maximum atomic E-state index is 13.3. The Morgan fingerprint density at radius 2 is 1.97 bits per heavy atom. The smallest absolute Gasteiger partial charge is 0.265 e. The Kier molecular flexibility index (Phi) is 5.49. The maximum absolute atomic E-state index is 13.3. The number of halogens is 1. The predicted molar refractivity (Wildman–Crippen MR) is 116 cm³/mol. The molecule has 6 nitrogen and oxygen atoms in total. The van der Waals surface area contributed by atoms with Crippen molar-refractivity contribution in [3.63, 3.8) is 0 Å². The molecule has 2 aromatic carbocycles. The van der Waals surface area contributed by atoms with Crippen LogP contribution in [0, 0.1) is 6.92 Å². The van der Waals surface area contributed by atoms with Crippen LogP contribution in [0.2, 0.25) is 5.02 Å². The van der Waals surface area contributed by atoms with Gasteiger partial charge in [-0.05, 0) is 54.8 Å². The third kappa shape index (κ3) is 3.78. The highest BCUT2D eigenvalue weighted by atomic mass is 35.5. The van der Waals surface area contributed by atoms with E-state index in [4.69, 9.17) is 11.6 Å². The van der Waals surface area contributed by atoms with Crippen molar-refractivity contribution >= 4 is 33.2 Å². The van der Waals surface area contributed by atoms with Crippen molar-refractivity contribution in [3.8, 4) is 0 Å². The minimum atomic E-state index is -3.90. The third-order valence-corrected chi connectivity index (χ3v) is 7.43. The molecule has 1 aliphatic heterocycles. The monoisotopic (exact) mass is 441 g/mol. The Labute approximate surface area is 180 Å². The second-order valence-electron chi connectivity index (χ2n) is 7.05. The van der Waals surface area contributed by atoms with Gasteiger partial charge in [0.1, 0.15) is 4.90 Å². The van der Waals surface area contributed by atoms with Crippen LogP contribution in [-0.4, -0.2) is 25.9 Å². The number of hydrogen-bond donors (Lipinski definition) is 1. The van der Waals surface area contributed by atoms with Crippen molar-refractivity contribution in [3.05, 3.63) is 88.2 Å². The van der Waals surface area contributed by atoms with Gasteiger partial charge >= 0.3 is 0 Å². The predicted octanol–water partition coefficient (Wildman–Crippen LogP) is 3.72. The average Bonchev–Trinajstić information content (AvgIpc) is 3.18. The molecule has 2 heterocycles. The number of benzene rings is 2. The topological polar surface area (TPSA) is 79.4 Å². The Balaban J connectivity index is 1.60. The molecule has 0 aliphatic carbocycles. The van der Waals surface area contributed by atoms with Crippen LogP contribution in [0.3, 0.4) is 0 Å². The van der Waals surface area contributed by atoms with Crippen LogP contribution in [0.4, 0.5) is 5.69 Å². The molecule has 0 bridgehead atoms. The third-order valence-electron chi connectivity index (χ3n) is 5.14. The van der Waals surface area contributed by atoms with Crippen molar-refractivity contribution in [2.75, 3.05) is 10.8 Å². The summed E-state index contributed by atoms with van der Waals surface area (Å²) in [7, 11) is -3.90. The number of para-hydroxylation sites is 1. The zero-order valence-corrected chi connectivity index (χ0v) is 17.9. The van der Waals surface area contributed by atoms with Gasteiger partial charge in [0, 0.05) is 18.3 Å². The number of carbonyl (C=O) groups excluding carboxylic acids is 1. The van der Waals surface area contributed by atoms with Gasteiger partial charge in [0.15, 0.2) is 0 Å². The molecule has 30 heavy (non-hydrogen) atoms. The molecule has 0 spiro atoms. The van der Waals surface area contributed by atoms with Crippen molar-refractivity contribution in [1.82, 2.24) is 10.3 Å². The van der Waals surface area contributed by atoms with Gasteiger partial charge in [-0.25, -0.2) is 8.42 Å². The van der Waals surface area contributed by atoms with E-state index in [1.807, 2.05) is 31.2 Å². The number of pyridine rings is 1. The quantitative estimate of drug-likeness (QED) is 0.654. The van der Waals surface area contributed by atoms with E-state index >= 15 is 0 Å². The fourth-order valence-corrected chi connectivity index (χ4v) is 5.49. The fraction of sp³-hybridized carbons (Fsp3) is 0.182. The number of anilines is 1. The molecule has 0 fully saturated rings. The molecule has 1 amide bonds. The van der Waals surface area contributed by atoms with Gasteiger partial charge in [0.25, 0.3) is 15.9 Å². The first kappa shape index (κ1) is 20.4. The van der Waals surface area contributed by atoms with Crippen molar-refractivity contribution < 1.29 is 13.2 Å². The van der Waals surface area contributed by atoms with E-state index in [0.29, 0.717) is 18.7 Å². The number of aryl methyl sites for hydroxylation is 1. The van der Waals surface area contributed by atoms with E-state index in [0.717, 1.165) is 16.8 Å². The number of rotatable bonds is 5. The Morgan fingerprint density at radius 1 is 1.17 bits per heavy atom. The highest BCUT2D eigenvalue weighted by molar-refractivity contribution is 7.93. The second-order valence-corrected chi connectivity index (χ2v) is 9.29. The van der Waals surface area contributed by atoms with E-state index < -0.39 is 15.9 Å². The first-order valence-corrected chi connectivity index (χ1v) is 11.3. The zero-order valence-electron chi connectivity index (χ0n) is 16.3. The molecule has 1 aromatic heterocycles. The molecular weight excluding hydrogens is 422 g/mol. The zero-order chi connectivity index (χ0) is 21.3. The lowest BCUT2D eigenvalue weighted by molar-refractivity contribution is 0.0950. The summed E-state index contributed by atoms with van der Waals surface area (Å²) >= 11 is 6.24. The fourth-order valence-electron chi connectivity index (χ4n) is 3.49. The normalized spacial score (nSPS) is 13.2. The lowest BCUT2D eigenvalue weighted by Crippen LogP contribution is -2.30. The summed E-state index contributed by atoms with van der Waals surface area (Å²) in [6.07, 6.45) is 2.30. The van der Waals surface area contributed by atoms with Crippen LogP contribution in [-0.2, 0) is 23.0 Å². The molecule has 0 saturated heterocycles. The molecule has 1 aliphatic rings. The average molecular weight is 442 g/mol. The number of nitrogens with one attached hydrogen (secondary N) is 1. The summed E-state index contributed by atoms with van der Waals surface area (Å²) in [5, 5.41) is 2.87. The van der Waals surface area contributed by atoms with E-state index in [1.165, 1.54) is 22.5 Å². The second kappa shape index (κ2) is 8.08. The molecule has 8 heteroatoms. The molecule has 0 saturated carbocycles. The summed E-state index contributed by atoms with van der Waals surface area (Å²) in [4.78, 5) is 16.8. The lowest BCUT2D eigenvalue weighted by Gasteiger charge is -2.20. The van der Waals surface area contributed by atoms with Crippen LogP contribution in [0.25, 0.3) is 0 Å². The summed E-state index contributed by atoms with van der Waals surface area (Å²) in [5.74, 6) is -0.394. The number of carbonyl (C=O) groups is 1. The first-order chi connectivity index (χ1) is 14.4. The van der Waals surface area contributed by atoms with Gasteiger partial charge < -0.3 is 5.32 Å². The number of aromatic nitrogens is 1. The summed E-state index contributed by atoms with van der Waals surface area (Å²) in [6.45, 7) is 2.50. The van der Waals surface area contributed by atoms with Crippen LogP contribution >= 0.6 is 11.6 Å². The number of amides is 1. The number of nitrogens with zero attached hydrogens (tertiary/aromatic N) is 2. The van der Waals surface area contributed by atoms with Crippen molar-refractivity contribution in [1.29, 1.82) is 0 Å². The van der Waals surface area contributed by atoms with Gasteiger partial charge in [-0.1, -0.05) is 35.9 Å². The largest absolute Gasteiger partial charge is 0.346 e. The maximum Gasteiger partial charge on any atom is 0.265 e. The standard InChI is InChI=1S/C22H20ClN3O3S/c1-15-5-4-11-24-19(15)14-25-22(27)17-8-9-18(23)21(13-17)30(28,29)26-12-10-16-6-2-3-7-20(16)26/h2-9,11,13H,10,12,14H2,1H3,(H,25,27). The van der Waals surface area contributed by atoms with Gasteiger partial charge in [-0.15, -0.1) is 0 Å². The Hall–Kier alpha value is -2.90. The van der Waals surface area contributed by atoms with E-state index in [2.05, 4.69) is 10.3 Å². The molecule has 0 atom stereocenters. The van der Waals surface area contributed by atoms with Crippen LogP contribution in [0.15, 0.2) is 65.7 Å². The SMILES string of the molecule is Cc1cccnc1CNC(=O)c1ccc(Cl)c(S(=O)(=O)N2CCc3ccccc32)c1. The Bertz CT molecular complexity index is 1230. The summed E-state index contributed by atoms with van der Waals surface area (Å²) in [6, 6.07) is 15.4. The highest BCUT2D eigenvalue weighted by Crippen LogP contribution is 2.35. The first-order valence-electron chi connectivity index (χ1n) is 9.47. The van der Waals surface area contributed by atoms with Crippen LogP contribution < -0.4 is 9.62 Å². The summed E-state index contributed by atoms with van der Waals surface area (Å²) < 4.78 is 28.0. The van der Waals surface area contributed by atoms with E-state index in [-0.39, 0.29) is 22.0 Å². The molecular formula is C22H20ClN3O3S. The minimum Gasteiger partial charge on any atom is -0.346 e. The van der Waals surface area contributed by atoms with Crippen LogP contribution in [0.1, 0.15) is 27.2 Å².